The van der Waals surface area contributed by atoms with Crippen LogP contribution in [0.25, 0.3) is 21.9 Å². The van der Waals surface area contributed by atoms with Crippen molar-refractivity contribution in [1.82, 2.24) is 14.8 Å². The van der Waals surface area contributed by atoms with Gasteiger partial charge in [0.15, 0.2) is 5.65 Å². The average molecular weight is 332 g/mol. The van der Waals surface area contributed by atoms with Gasteiger partial charge in [0.25, 0.3) is 0 Å². The summed E-state index contributed by atoms with van der Waals surface area (Å²) >= 11 is 0. The summed E-state index contributed by atoms with van der Waals surface area (Å²) < 4.78 is 7.15. The Morgan fingerprint density at radius 1 is 1.04 bits per heavy atom. The van der Waals surface area contributed by atoms with E-state index in [-0.39, 0.29) is 0 Å². The topological polar surface area (TPSA) is 52.0 Å². The Kier molecular flexibility index (Phi) is 3.98. The number of aromatic nitrogens is 3. The Hall–Kier alpha value is -3.08. The third-order valence-electron chi connectivity index (χ3n) is 4.41. The van der Waals surface area contributed by atoms with E-state index in [0.717, 1.165) is 46.5 Å². The van der Waals surface area contributed by atoms with E-state index in [1.165, 1.54) is 5.56 Å². The van der Waals surface area contributed by atoms with Crippen LogP contribution in [0.2, 0.25) is 0 Å². The normalized spacial score (nSPS) is 11.1. The predicted octanol–water partition coefficient (Wildman–Crippen LogP) is 4.23. The Labute approximate surface area is 146 Å². The minimum Gasteiger partial charge on any atom is -0.497 e. The van der Waals surface area contributed by atoms with Gasteiger partial charge in [-0.1, -0.05) is 30.3 Å². The van der Waals surface area contributed by atoms with Gasteiger partial charge in [0.1, 0.15) is 5.75 Å². The van der Waals surface area contributed by atoms with E-state index in [0.29, 0.717) is 0 Å². The number of hydrogen-bond acceptors (Lipinski definition) is 4. The maximum atomic E-state index is 5.22. The van der Waals surface area contributed by atoms with Crippen molar-refractivity contribution in [3.8, 4) is 5.75 Å². The number of aryl methyl sites for hydroxylation is 1. The monoisotopic (exact) mass is 332 g/mol. The first-order chi connectivity index (χ1) is 12.3. The molecule has 0 saturated heterocycles. The lowest BCUT2D eigenvalue weighted by molar-refractivity contribution is 0.414. The Morgan fingerprint density at radius 3 is 2.60 bits per heavy atom. The zero-order valence-electron chi connectivity index (χ0n) is 14.4. The molecule has 0 radical (unpaired) electrons. The highest BCUT2D eigenvalue weighted by molar-refractivity contribution is 6.06. The van der Waals surface area contributed by atoms with Crippen LogP contribution in [0.5, 0.6) is 5.75 Å². The number of benzene rings is 2. The number of ether oxygens (including phenoxy) is 1. The minimum atomic E-state index is 0.727. The van der Waals surface area contributed by atoms with Crippen LogP contribution in [0.1, 0.15) is 12.5 Å². The van der Waals surface area contributed by atoms with Crippen LogP contribution in [0.15, 0.2) is 54.7 Å². The van der Waals surface area contributed by atoms with Crippen molar-refractivity contribution in [1.29, 1.82) is 0 Å². The lowest BCUT2D eigenvalue weighted by Crippen LogP contribution is -2.03. The number of pyridine rings is 1. The van der Waals surface area contributed by atoms with Crippen LogP contribution in [0.4, 0.5) is 5.69 Å². The fraction of sp³-hybridized carbons (Fsp3) is 0.200. The maximum Gasteiger partial charge on any atom is 0.160 e. The average Bonchev–Trinajstić information content (AvgIpc) is 3.08. The number of nitrogens with zero attached hydrogens (tertiary/aromatic N) is 3. The molecule has 2 aromatic heterocycles. The van der Waals surface area contributed by atoms with E-state index >= 15 is 0 Å². The quantitative estimate of drug-likeness (QED) is 0.594. The molecular formula is C20H20N4O. The van der Waals surface area contributed by atoms with Crippen LogP contribution in [0, 0.1) is 0 Å². The summed E-state index contributed by atoms with van der Waals surface area (Å²) in [5.74, 6) is 0.865. The van der Waals surface area contributed by atoms with Crippen molar-refractivity contribution in [3.05, 3.63) is 60.3 Å². The number of nitrogens with one attached hydrogen (secondary N) is 1. The summed E-state index contributed by atoms with van der Waals surface area (Å²) in [6, 6.07) is 16.3. The molecule has 0 aliphatic rings. The van der Waals surface area contributed by atoms with E-state index in [1.807, 2.05) is 41.2 Å². The molecule has 4 aromatic rings. The molecule has 5 nitrogen and oxygen atoms in total. The molecule has 0 aliphatic heterocycles. The molecule has 5 heteroatoms. The van der Waals surface area contributed by atoms with E-state index in [2.05, 4.69) is 35.5 Å². The first-order valence-corrected chi connectivity index (χ1v) is 8.41. The fourth-order valence-corrected chi connectivity index (χ4v) is 3.07. The Morgan fingerprint density at radius 2 is 1.84 bits per heavy atom. The molecular weight excluding hydrogens is 312 g/mol. The summed E-state index contributed by atoms with van der Waals surface area (Å²) in [7, 11) is 1.68. The van der Waals surface area contributed by atoms with Crippen LogP contribution < -0.4 is 10.1 Å². The largest absolute Gasteiger partial charge is 0.497 e. The highest BCUT2D eigenvalue weighted by atomic mass is 16.5. The van der Waals surface area contributed by atoms with Crippen molar-refractivity contribution >= 4 is 27.6 Å². The lowest BCUT2D eigenvalue weighted by Gasteiger charge is -2.12. The fourth-order valence-electron chi connectivity index (χ4n) is 3.07. The number of para-hydroxylation sites is 1. The smallest absolute Gasteiger partial charge is 0.160 e. The van der Waals surface area contributed by atoms with Crippen molar-refractivity contribution in [2.75, 3.05) is 12.4 Å². The molecule has 0 saturated carbocycles. The molecule has 1 N–H and O–H groups in total. The molecule has 0 spiro atoms. The second kappa shape index (κ2) is 6.43. The van der Waals surface area contributed by atoms with Gasteiger partial charge in [-0.3, -0.25) is 0 Å². The van der Waals surface area contributed by atoms with Gasteiger partial charge in [-0.2, -0.15) is 5.10 Å². The molecule has 126 valence electrons. The number of hydrogen-bond donors (Lipinski definition) is 1. The minimum absolute atomic E-state index is 0.727. The first-order valence-electron chi connectivity index (χ1n) is 8.41. The van der Waals surface area contributed by atoms with Crippen LogP contribution in [-0.2, 0) is 13.1 Å². The Balaban J connectivity index is 1.76. The Bertz CT molecular complexity index is 1020. The highest BCUT2D eigenvalue weighted by Gasteiger charge is 2.12. The first kappa shape index (κ1) is 15.4. The maximum absolute atomic E-state index is 5.22. The van der Waals surface area contributed by atoms with Crippen molar-refractivity contribution in [2.24, 2.45) is 0 Å². The van der Waals surface area contributed by atoms with Gasteiger partial charge < -0.3 is 10.1 Å². The third-order valence-corrected chi connectivity index (χ3v) is 4.41. The van der Waals surface area contributed by atoms with E-state index in [9.17, 15) is 0 Å². The second-order valence-electron chi connectivity index (χ2n) is 5.90. The number of anilines is 1. The molecule has 0 aliphatic carbocycles. The number of fused-ring (bicyclic) bond motifs is 2. The van der Waals surface area contributed by atoms with E-state index in [4.69, 9.17) is 9.72 Å². The van der Waals surface area contributed by atoms with Crippen LogP contribution in [-0.4, -0.2) is 21.9 Å². The summed E-state index contributed by atoms with van der Waals surface area (Å²) in [5.41, 5.74) is 4.16. The molecule has 25 heavy (non-hydrogen) atoms. The molecule has 0 fully saturated rings. The zero-order valence-corrected chi connectivity index (χ0v) is 14.4. The third kappa shape index (κ3) is 2.78. The summed E-state index contributed by atoms with van der Waals surface area (Å²) in [4.78, 5) is 4.79. The summed E-state index contributed by atoms with van der Waals surface area (Å²) in [6.45, 7) is 3.60. The molecule has 0 bridgehead atoms. The molecule has 0 amide bonds. The lowest BCUT2D eigenvalue weighted by atomic mass is 10.1. The second-order valence-corrected chi connectivity index (χ2v) is 5.90. The standard InChI is InChI=1S/C20H20N4O/c1-3-24-20-17(13-22-24)19(16-6-4-5-7-18(16)23-20)21-12-14-8-10-15(25-2)11-9-14/h4-11,13H,3,12H2,1-2H3,(H,21,23). The van der Waals surface area contributed by atoms with E-state index in [1.54, 1.807) is 7.11 Å². The van der Waals surface area contributed by atoms with Gasteiger partial charge in [-0.15, -0.1) is 0 Å². The zero-order chi connectivity index (χ0) is 17.2. The predicted molar refractivity (Wildman–Crippen MR) is 101 cm³/mol. The molecule has 0 unspecified atom stereocenters. The molecule has 2 aromatic carbocycles. The highest BCUT2D eigenvalue weighted by Crippen LogP contribution is 2.31. The number of rotatable bonds is 5. The summed E-state index contributed by atoms with van der Waals surface area (Å²) in [6.07, 6.45) is 1.90. The van der Waals surface area contributed by atoms with Gasteiger partial charge in [-0.05, 0) is 30.7 Å². The van der Waals surface area contributed by atoms with Crippen molar-refractivity contribution in [3.63, 3.8) is 0 Å². The van der Waals surface area contributed by atoms with Crippen LogP contribution >= 0.6 is 0 Å². The van der Waals surface area contributed by atoms with Gasteiger partial charge in [0.2, 0.25) is 0 Å². The van der Waals surface area contributed by atoms with Gasteiger partial charge >= 0.3 is 0 Å². The van der Waals surface area contributed by atoms with E-state index < -0.39 is 0 Å². The molecule has 0 atom stereocenters. The van der Waals surface area contributed by atoms with Gasteiger partial charge in [0.05, 0.1) is 29.9 Å². The number of methoxy groups -OCH3 is 1. The SMILES string of the molecule is CCn1ncc2c(NCc3ccc(OC)cc3)c3ccccc3nc21. The van der Waals surface area contributed by atoms with Crippen molar-refractivity contribution in [2.45, 2.75) is 20.0 Å². The molecule has 4 rings (SSSR count). The summed E-state index contributed by atoms with van der Waals surface area (Å²) in [5, 5.41) is 10.2. The van der Waals surface area contributed by atoms with Crippen molar-refractivity contribution < 1.29 is 4.74 Å². The van der Waals surface area contributed by atoms with Crippen LogP contribution in [0.3, 0.4) is 0 Å². The molecule has 2 heterocycles. The van der Waals surface area contributed by atoms with Gasteiger partial charge in [-0.25, -0.2) is 9.67 Å². The van der Waals surface area contributed by atoms with Gasteiger partial charge in [0, 0.05) is 18.5 Å².